The van der Waals surface area contributed by atoms with Gasteiger partial charge < -0.3 is 14.2 Å². The molecule has 3 nitrogen and oxygen atoms in total. The van der Waals surface area contributed by atoms with E-state index in [1.54, 1.807) is 0 Å². The lowest BCUT2D eigenvalue weighted by atomic mass is 9.82. The highest BCUT2D eigenvalue weighted by Crippen LogP contribution is 2.52. The fraction of sp³-hybridized carbons (Fsp3) is 0.0448. The third-order valence-electron chi connectivity index (χ3n) is 15.0. The van der Waals surface area contributed by atoms with Crippen LogP contribution in [0.3, 0.4) is 0 Å². The molecule has 0 saturated heterocycles. The molecule has 70 heavy (non-hydrogen) atoms. The molecule has 0 unspecified atom stereocenters. The van der Waals surface area contributed by atoms with Gasteiger partial charge in [0.05, 0.1) is 11.4 Å². The summed E-state index contributed by atoms with van der Waals surface area (Å²) in [5, 5.41) is 12.0. The van der Waals surface area contributed by atoms with Gasteiger partial charge in [0.1, 0.15) is 11.2 Å². The van der Waals surface area contributed by atoms with Crippen LogP contribution in [-0.2, 0) is 5.41 Å². The van der Waals surface area contributed by atoms with Crippen LogP contribution in [0.4, 0.5) is 34.1 Å². The molecule has 0 amide bonds. The van der Waals surface area contributed by atoms with Crippen molar-refractivity contribution < 1.29 is 4.42 Å². The minimum absolute atomic E-state index is 0.133. The Labute approximate surface area is 406 Å². The summed E-state index contributed by atoms with van der Waals surface area (Å²) in [4.78, 5) is 4.85. The second-order valence-electron chi connectivity index (χ2n) is 19.3. The fourth-order valence-corrected chi connectivity index (χ4v) is 11.6. The van der Waals surface area contributed by atoms with Crippen LogP contribution < -0.4 is 9.80 Å². The van der Waals surface area contributed by atoms with Crippen LogP contribution in [0.25, 0.3) is 87.3 Å². The van der Waals surface area contributed by atoms with Crippen LogP contribution in [0.5, 0.6) is 0 Å². The molecule has 1 aromatic heterocycles. The molecule has 1 aliphatic carbocycles. The molecule has 0 aliphatic heterocycles. The first-order valence-corrected chi connectivity index (χ1v) is 24.2. The normalized spacial score (nSPS) is 12.8. The van der Waals surface area contributed by atoms with E-state index < -0.39 is 0 Å². The predicted molar refractivity (Wildman–Crippen MR) is 296 cm³/mol. The smallest absolute Gasteiger partial charge is 0.137 e. The van der Waals surface area contributed by atoms with Gasteiger partial charge in [-0.3, -0.25) is 0 Å². The molecule has 14 rings (SSSR count). The molecule has 0 fully saturated rings. The van der Waals surface area contributed by atoms with Crippen LogP contribution in [-0.4, -0.2) is 0 Å². The zero-order chi connectivity index (χ0) is 46.5. The molecule has 0 spiro atoms. The van der Waals surface area contributed by atoms with Gasteiger partial charge in [-0.1, -0.05) is 184 Å². The Bertz CT molecular complexity index is 4220. The van der Waals surface area contributed by atoms with E-state index in [9.17, 15) is 0 Å². The summed E-state index contributed by atoms with van der Waals surface area (Å²) >= 11 is 0. The van der Waals surface area contributed by atoms with Crippen molar-refractivity contribution in [3.8, 4) is 22.3 Å². The summed E-state index contributed by atoms with van der Waals surface area (Å²) in [6.45, 7) is 4.72. The maximum Gasteiger partial charge on any atom is 0.137 e. The molecule has 1 heterocycles. The third kappa shape index (κ3) is 6.21. The lowest BCUT2D eigenvalue weighted by Crippen LogP contribution is -2.16. The van der Waals surface area contributed by atoms with Gasteiger partial charge in [-0.15, -0.1) is 0 Å². The van der Waals surface area contributed by atoms with Crippen molar-refractivity contribution in [1.29, 1.82) is 0 Å². The highest BCUT2D eigenvalue weighted by Gasteiger charge is 2.36. The van der Waals surface area contributed by atoms with Gasteiger partial charge in [0.2, 0.25) is 0 Å². The quantitative estimate of drug-likeness (QED) is 0.149. The second-order valence-corrected chi connectivity index (χ2v) is 19.3. The van der Waals surface area contributed by atoms with Crippen LogP contribution in [0, 0.1) is 0 Å². The van der Waals surface area contributed by atoms with Gasteiger partial charge in [0.15, 0.2) is 0 Å². The summed E-state index contributed by atoms with van der Waals surface area (Å²) in [6, 6.07) is 88.8. The molecular weight excluding hydrogens is 849 g/mol. The summed E-state index contributed by atoms with van der Waals surface area (Å²) in [7, 11) is 0. The Morgan fingerprint density at radius 1 is 0.300 bits per heavy atom. The van der Waals surface area contributed by atoms with Crippen molar-refractivity contribution in [2.75, 3.05) is 9.80 Å². The summed E-state index contributed by atoms with van der Waals surface area (Å²) in [5.74, 6) is 0. The first-order chi connectivity index (χ1) is 34.5. The standard InChI is InChI=1S/C67H46N2O/c1-67(2)61-25-13-11-21-55(61)56-37-35-49(41-62(56)67)68(63-39-45-15-3-5-17-51(45)53-19-7-9-22-57(53)63)47-31-27-43(28-32-47)44-29-33-48(34-30-44)69(50-36-38-60-59-24-12-14-26-65(59)70-66(60)42-50)64-40-46-16-4-6-18-52(46)54-20-8-10-23-58(54)64/h3-42H,1-2H3. The zero-order valence-electron chi connectivity index (χ0n) is 38.9. The van der Waals surface area contributed by atoms with Crippen LogP contribution in [0.1, 0.15) is 25.0 Å². The maximum atomic E-state index is 6.48. The van der Waals surface area contributed by atoms with Gasteiger partial charge >= 0.3 is 0 Å². The van der Waals surface area contributed by atoms with Crippen molar-refractivity contribution in [2.45, 2.75) is 19.3 Å². The molecule has 330 valence electrons. The van der Waals surface area contributed by atoms with Crippen molar-refractivity contribution >= 4 is 99.2 Å². The Kier molecular flexibility index (Phi) is 8.93. The monoisotopic (exact) mass is 894 g/mol. The molecule has 12 aromatic carbocycles. The highest BCUT2D eigenvalue weighted by molar-refractivity contribution is 6.16. The summed E-state index contributed by atoms with van der Waals surface area (Å²) in [6.07, 6.45) is 0. The first kappa shape index (κ1) is 40.2. The number of rotatable bonds is 7. The van der Waals surface area contributed by atoms with E-state index in [1.807, 2.05) is 12.1 Å². The van der Waals surface area contributed by atoms with Gasteiger partial charge in [0.25, 0.3) is 0 Å². The van der Waals surface area contributed by atoms with E-state index in [0.717, 1.165) is 67.2 Å². The number of hydrogen-bond donors (Lipinski definition) is 0. The van der Waals surface area contributed by atoms with E-state index in [0.29, 0.717) is 0 Å². The van der Waals surface area contributed by atoms with Gasteiger partial charge in [-0.25, -0.2) is 0 Å². The second kappa shape index (κ2) is 15.6. The molecule has 0 N–H and O–H groups in total. The summed E-state index contributed by atoms with van der Waals surface area (Å²) in [5.41, 5.74) is 15.9. The molecule has 0 bridgehead atoms. The average molecular weight is 895 g/mol. The van der Waals surface area contributed by atoms with E-state index in [2.05, 4.69) is 254 Å². The molecule has 0 atom stereocenters. The number of para-hydroxylation sites is 1. The number of fused-ring (bicyclic) bond motifs is 12. The van der Waals surface area contributed by atoms with Gasteiger partial charge in [0, 0.05) is 55.8 Å². The molecule has 13 aromatic rings. The largest absolute Gasteiger partial charge is 0.456 e. The van der Waals surface area contributed by atoms with Gasteiger partial charge in [-0.2, -0.15) is 0 Å². The van der Waals surface area contributed by atoms with Crippen molar-refractivity contribution in [2.24, 2.45) is 0 Å². The number of furan rings is 1. The average Bonchev–Trinajstić information content (AvgIpc) is 3.90. The lowest BCUT2D eigenvalue weighted by Gasteiger charge is -2.29. The Morgan fingerprint density at radius 3 is 1.33 bits per heavy atom. The first-order valence-electron chi connectivity index (χ1n) is 24.2. The molecule has 3 heteroatoms. The lowest BCUT2D eigenvalue weighted by molar-refractivity contribution is 0.660. The van der Waals surface area contributed by atoms with Crippen molar-refractivity contribution in [3.63, 3.8) is 0 Å². The molecule has 0 saturated carbocycles. The van der Waals surface area contributed by atoms with E-state index >= 15 is 0 Å². The fourth-order valence-electron chi connectivity index (χ4n) is 11.6. The predicted octanol–water partition coefficient (Wildman–Crippen LogP) is 19.1. The van der Waals surface area contributed by atoms with Crippen LogP contribution >= 0.6 is 0 Å². The van der Waals surface area contributed by atoms with E-state index in [4.69, 9.17) is 4.42 Å². The van der Waals surface area contributed by atoms with E-state index in [-0.39, 0.29) is 5.41 Å². The number of hydrogen-bond acceptors (Lipinski definition) is 3. The third-order valence-corrected chi connectivity index (χ3v) is 15.0. The zero-order valence-corrected chi connectivity index (χ0v) is 38.9. The number of anilines is 6. The van der Waals surface area contributed by atoms with Crippen molar-refractivity contribution in [1.82, 2.24) is 0 Å². The molecular formula is C67H46N2O. The molecule has 0 radical (unpaired) electrons. The number of benzene rings is 12. The van der Waals surface area contributed by atoms with Crippen LogP contribution in [0.15, 0.2) is 247 Å². The topological polar surface area (TPSA) is 19.6 Å². The summed E-state index contributed by atoms with van der Waals surface area (Å²) < 4.78 is 6.48. The minimum Gasteiger partial charge on any atom is -0.456 e. The number of nitrogens with zero attached hydrogens (tertiary/aromatic N) is 2. The maximum absolute atomic E-state index is 6.48. The Hall–Kier alpha value is -8.92. The van der Waals surface area contributed by atoms with Crippen LogP contribution in [0.2, 0.25) is 0 Å². The van der Waals surface area contributed by atoms with Crippen molar-refractivity contribution in [3.05, 3.63) is 254 Å². The minimum atomic E-state index is -0.133. The Morgan fingerprint density at radius 2 is 0.729 bits per heavy atom. The SMILES string of the molecule is CC1(C)c2ccccc2-c2ccc(N(c3ccc(-c4ccc(N(c5ccc6c(c5)oc5ccccc56)c5cc6ccccc6c6ccccc56)cc4)cc3)c3cc4ccccc4c4ccccc34)cc21. The van der Waals surface area contributed by atoms with Gasteiger partial charge in [-0.05, 0) is 132 Å². The Balaban J connectivity index is 0.890. The highest BCUT2D eigenvalue weighted by atomic mass is 16.3. The van der Waals surface area contributed by atoms with E-state index in [1.165, 1.54) is 65.3 Å². The molecule has 1 aliphatic rings.